The Bertz CT molecular complexity index is 1570. The van der Waals surface area contributed by atoms with Gasteiger partial charge in [-0.1, -0.05) is 95.0 Å². The summed E-state index contributed by atoms with van der Waals surface area (Å²) in [5.41, 5.74) is 1.27. The Morgan fingerprint density at radius 2 is 1.28 bits per heavy atom. The molecule has 0 saturated carbocycles. The van der Waals surface area contributed by atoms with Gasteiger partial charge in [0.15, 0.2) is 9.84 Å². The van der Waals surface area contributed by atoms with E-state index < -0.39 is 68.9 Å². The lowest BCUT2D eigenvalue weighted by Crippen LogP contribution is -2.60. The van der Waals surface area contributed by atoms with Crippen LogP contribution >= 0.6 is 0 Å². The number of nitrogens with one attached hydrogen (secondary N) is 3. The third kappa shape index (κ3) is 12.3. The lowest BCUT2D eigenvalue weighted by molar-refractivity contribution is -0.125. The Kier molecular flexibility index (Phi) is 16.5. The van der Waals surface area contributed by atoms with Crippen molar-refractivity contribution in [2.45, 2.75) is 108 Å². The van der Waals surface area contributed by atoms with Crippen molar-refractivity contribution in [2.75, 3.05) is 5.75 Å². The Hall–Kier alpha value is -4.13. The van der Waals surface area contributed by atoms with Crippen molar-refractivity contribution in [2.24, 2.45) is 0 Å². The van der Waals surface area contributed by atoms with Crippen molar-refractivity contribution >= 4 is 27.6 Å². The fourth-order valence-electron chi connectivity index (χ4n) is 5.92. The van der Waals surface area contributed by atoms with Gasteiger partial charge >= 0.3 is 0 Å². The summed E-state index contributed by atoms with van der Waals surface area (Å²) in [4.78, 5) is 44.4. The predicted molar refractivity (Wildman–Crippen MR) is 194 cm³/mol. The van der Waals surface area contributed by atoms with Gasteiger partial charge in [0.2, 0.25) is 5.91 Å². The van der Waals surface area contributed by atoms with E-state index in [-0.39, 0.29) is 12.0 Å². The SMILES string of the molecule is CCCCC(NC(=O)c1ccccc1)C(O)C(O)C(Cc1ccccc1)NC(=O)C(CS(=O)(=O)C(CCC)CCC)NC(=O)c1cccnc1. The van der Waals surface area contributed by atoms with Crippen LogP contribution in [0.1, 0.15) is 92.0 Å². The largest absolute Gasteiger partial charge is 0.388 e. The van der Waals surface area contributed by atoms with Gasteiger partial charge in [-0.15, -0.1) is 0 Å². The molecule has 1 aromatic heterocycles. The number of aromatic nitrogens is 1. The summed E-state index contributed by atoms with van der Waals surface area (Å²) < 4.78 is 27.4. The Balaban J connectivity index is 1.95. The van der Waals surface area contributed by atoms with E-state index in [0.29, 0.717) is 44.1 Å². The molecule has 0 radical (unpaired) electrons. The molecule has 5 N–H and O–H groups in total. The zero-order valence-electron chi connectivity index (χ0n) is 29.2. The van der Waals surface area contributed by atoms with E-state index in [2.05, 4.69) is 20.9 Å². The van der Waals surface area contributed by atoms with Crippen molar-refractivity contribution in [3.63, 3.8) is 0 Å². The van der Waals surface area contributed by atoms with Crippen LogP contribution in [-0.4, -0.2) is 82.7 Å². The maximum atomic E-state index is 14.1. The van der Waals surface area contributed by atoms with Gasteiger partial charge in [0.1, 0.15) is 18.2 Å². The molecule has 0 aliphatic carbocycles. The van der Waals surface area contributed by atoms with Crippen LogP contribution in [0.5, 0.6) is 0 Å². The Morgan fingerprint density at radius 3 is 1.86 bits per heavy atom. The van der Waals surface area contributed by atoms with Crippen LogP contribution in [0.3, 0.4) is 0 Å². The number of aliphatic hydroxyl groups is 2. The van der Waals surface area contributed by atoms with Gasteiger partial charge in [0.25, 0.3) is 11.8 Å². The van der Waals surface area contributed by atoms with Crippen LogP contribution in [0.25, 0.3) is 0 Å². The molecule has 12 heteroatoms. The van der Waals surface area contributed by atoms with Gasteiger partial charge in [0, 0.05) is 18.0 Å². The predicted octanol–water partition coefficient (Wildman–Crippen LogP) is 4.00. The lowest BCUT2D eigenvalue weighted by atomic mass is 9.91. The van der Waals surface area contributed by atoms with Crippen LogP contribution in [0, 0.1) is 0 Å². The molecule has 0 aliphatic rings. The van der Waals surface area contributed by atoms with Crippen LogP contribution in [0.2, 0.25) is 0 Å². The molecule has 3 amide bonds. The fraction of sp³-hybridized carbons (Fsp3) is 0.474. The van der Waals surface area contributed by atoms with E-state index >= 15 is 0 Å². The maximum absolute atomic E-state index is 14.1. The molecule has 3 rings (SSSR count). The van der Waals surface area contributed by atoms with Gasteiger partial charge < -0.3 is 26.2 Å². The first-order chi connectivity index (χ1) is 24.0. The number of aliphatic hydroxyl groups excluding tert-OH is 2. The van der Waals surface area contributed by atoms with E-state index in [0.717, 1.165) is 12.0 Å². The maximum Gasteiger partial charge on any atom is 0.253 e. The Morgan fingerprint density at radius 1 is 0.700 bits per heavy atom. The van der Waals surface area contributed by atoms with Crippen LogP contribution < -0.4 is 16.0 Å². The molecule has 0 bridgehead atoms. The van der Waals surface area contributed by atoms with E-state index in [1.807, 2.05) is 26.8 Å². The number of benzene rings is 2. The molecule has 2 aromatic carbocycles. The van der Waals surface area contributed by atoms with E-state index in [9.17, 15) is 33.0 Å². The molecule has 0 spiro atoms. The van der Waals surface area contributed by atoms with Crippen LogP contribution in [0.4, 0.5) is 0 Å². The number of amides is 3. The highest BCUT2D eigenvalue weighted by Crippen LogP contribution is 2.19. The number of pyridine rings is 1. The van der Waals surface area contributed by atoms with Crippen molar-refractivity contribution < 1.29 is 33.0 Å². The summed E-state index contributed by atoms with van der Waals surface area (Å²) in [6.07, 6.45) is 3.65. The first kappa shape index (κ1) is 40.3. The molecule has 5 atom stereocenters. The van der Waals surface area contributed by atoms with Crippen molar-refractivity contribution in [3.05, 3.63) is 102 Å². The first-order valence-corrected chi connectivity index (χ1v) is 19.2. The minimum Gasteiger partial charge on any atom is -0.388 e. The second kappa shape index (κ2) is 20.5. The topological polar surface area (TPSA) is 175 Å². The smallest absolute Gasteiger partial charge is 0.253 e. The third-order valence-corrected chi connectivity index (χ3v) is 11.0. The van der Waals surface area contributed by atoms with E-state index in [1.165, 1.54) is 18.5 Å². The minimum atomic E-state index is -3.86. The van der Waals surface area contributed by atoms with Gasteiger partial charge in [-0.05, 0) is 55.5 Å². The normalized spacial score (nSPS) is 14.6. The molecule has 5 unspecified atom stereocenters. The molecular formula is C38H52N4O7S. The number of rotatable bonds is 21. The molecular weight excluding hydrogens is 657 g/mol. The first-order valence-electron chi connectivity index (χ1n) is 17.5. The van der Waals surface area contributed by atoms with E-state index in [4.69, 9.17) is 0 Å². The number of carbonyl (C=O) groups is 3. The Labute approximate surface area is 296 Å². The lowest BCUT2D eigenvalue weighted by Gasteiger charge is -2.34. The molecule has 50 heavy (non-hydrogen) atoms. The summed E-state index contributed by atoms with van der Waals surface area (Å²) in [6, 6.07) is 17.1. The van der Waals surface area contributed by atoms with Crippen molar-refractivity contribution in [1.82, 2.24) is 20.9 Å². The van der Waals surface area contributed by atoms with Crippen molar-refractivity contribution in [1.29, 1.82) is 0 Å². The van der Waals surface area contributed by atoms with Crippen LogP contribution in [0.15, 0.2) is 85.2 Å². The zero-order valence-corrected chi connectivity index (χ0v) is 30.0. The second-order valence-corrected chi connectivity index (χ2v) is 15.0. The summed E-state index contributed by atoms with van der Waals surface area (Å²) in [6.45, 7) is 5.75. The molecule has 0 aliphatic heterocycles. The molecule has 11 nitrogen and oxygen atoms in total. The van der Waals surface area contributed by atoms with Gasteiger partial charge in [-0.2, -0.15) is 0 Å². The molecule has 1 heterocycles. The number of hydrogen-bond acceptors (Lipinski definition) is 8. The highest BCUT2D eigenvalue weighted by Gasteiger charge is 2.37. The number of nitrogens with zero attached hydrogens (tertiary/aromatic N) is 1. The second-order valence-electron chi connectivity index (χ2n) is 12.7. The quantitative estimate of drug-likeness (QED) is 0.110. The third-order valence-electron chi connectivity index (χ3n) is 8.70. The average Bonchev–Trinajstić information content (AvgIpc) is 3.13. The summed E-state index contributed by atoms with van der Waals surface area (Å²) >= 11 is 0. The standard InChI is InChI=1S/C38H52N4O7S/c1-4-7-22-31(40-36(45)28-19-12-9-13-20-28)34(43)35(44)32(24-27-17-10-8-11-18-27)41-38(47)33(42-37(46)29-21-14-23-39-25-29)26-50(48,49)30(15-5-2)16-6-3/h8-14,17-21,23,25,30-35,43-44H,4-7,15-16,22,24,26H2,1-3H3,(H,40,45)(H,41,47)(H,42,46). The summed E-state index contributed by atoms with van der Waals surface area (Å²) in [5.74, 6) is -2.58. The average molecular weight is 709 g/mol. The number of sulfone groups is 1. The molecule has 0 fully saturated rings. The minimum absolute atomic E-state index is 0.0717. The number of carbonyl (C=O) groups excluding carboxylic acids is 3. The summed E-state index contributed by atoms with van der Waals surface area (Å²) in [5, 5.41) is 30.8. The molecule has 0 saturated heterocycles. The van der Waals surface area contributed by atoms with Gasteiger partial charge in [-0.3, -0.25) is 19.4 Å². The van der Waals surface area contributed by atoms with Crippen LogP contribution in [-0.2, 0) is 21.1 Å². The van der Waals surface area contributed by atoms with Gasteiger partial charge in [0.05, 0.1) is 28.6 Å². The van der Waals surface area contributed by atoms with E-state index in [1.54, 1.807) is 60.7 Å². The fourth-order valence-corrected chi connectivity index (χ4v) is 8.08. The molecule has 272 valence electrons. The zero-order chi connectivity index (χ0) is 36.5. The summed E-state index contributed by atoms with van der Waals surface area (Å²) in [7, 11) is -3.86. The highest BCUT2D eigenvalue weighted by molar-refractivity contribution is 7.92. The van der Waals surface area contributed by atoms with Gasteiger partial charge in [-0.25, -0.2) is 8.42 Å². The number of hydrogen-bond donors (Lipinski definition) is 5. The number of unbranched alkanes of at least 4 members (excludes halogenated alkanes) is 1. The highest BCUT2D eigenvalue weighted by atomic mass is 32.2. The monoisotopic (exact) mass is 708 g/mol. The van der Waals surface area contributed by atoms with Crippen molar-refractivity contribution in [3.8, 4) is 0 Å². The molecule has 3 aromatic rings.